The fourth-order valence-electron chi connectivity index (χ4n) is 1.49. The zero-order valence-electron chi connectivity index (χ0n) is 8.67. The minimum absolute atomic E-state index is 0.133. The molecule has 1 fully saturated rings. The Morgan fingerprint density at radius 2 is 1.87 bits per heavy atom. The van der Waals surface area contributed by atoms with Gasteiger partial charge in [-0.1, -0.05) is 0 Å². The summed E-state index contributed by atoms with van der Waals surface area (Å²) in [6.07, 6.45) is 0.815. The average Bonchev–Trinajstić information content (AvgIpc) is 2.06. The molecule has 7 heteroatoms. The molecular weight excluding hydrogens is 226 g/mol. The van der Waals surface area contributed by atoms with Gasteiger partial charge in [0.1, 0.15) is 0 Å². The van der Waals surface area contributed by atoms with Crippen LogP contribution in [0.4, 0.5) is 8.78 Å². The molecule has 0 atom stereocenters. The van der Waals surface area contributed by atoms with E-state index in [1.165, 1.54) is 0 Å². The van der Waals surface area contributed by atoms with E-state index in [2.05, 4.69) is 4.72 Å². The quantitative estimate of drug-likeness (QED) is 0.769. The van der Waals surface area contributed by atoms with E-state index >= 15 is 0 Å². The summed E-state index contributed by atoms with van der Waals surface area (Å²) in [5, 5.41) is 0. The first-order valence-corrected chi connectivity index (χ1v) is 6.72. The molecule has 0 bridgehead atoms. The van der Waals surface area contributed by atoms with E-state index < -0.39 is 15.9 Å². The first-order valence-electron chi connectivity index (χ1n) is 4.83. The molecule has 90 valence electrons. The lowest BCUT2D eigenvalue weighted by Crippen LogP contribution is -2.42. The van der Waals surface area contributed by atoms with Crippen molar-refractivity contribution in [2.45, 2.75) is 18.8 Å². The van der Waals surface area contributed by atoms with Gasteiger partial charge in [0.15, 0.2) is 0 Å². The highest BCUT2D eigenvalue weighted by Gasteiger charge is 2.33. The molecule has 0 aromatic heterocycles. The lowest BCUT2D eigenvalue weighted by atomic mass is 10.1. The highest BCUT2D eigenvalue weighted by molar-refractivity contribution is 7.88. The number of sulfonamides is 1. The number of nitrogens with zero attached hydrogens (tertiary/aromatic N) is 1. The highest BCUT2D eigenvalue weighted by atomic mass is 32.2. The maximum absolute atomic E-state index is 12.8. The molecule has 0 amide bonds. The van der Waals surface area contributed by atoms with Crippen molar-refractivity contribution in [3.05, 3.63) is 0 Å². The molecule has 0 unspecified atom stereocenters. The third-order valence-electron chi connectivity index (χ3n) is 2.38. The largest absolute Gasteiger partial charge is 0.302 e. The number of halogens is 2. The summed E-state index contributed by atoms with van der Waals surface area (Å²) >= 11 is 0. The second-order valence-corrected chi connectivity index (χ2v) is 5.70. The van der Waals surface area contributed by atoms with Crippen LogP contribution in [0.25, 0.3) is 0 Å². The SMILES string of the molecule is CS(=O)(=O)NCCN1CCC(F)(F)CC1. The zero-order valence-corrected chi connectivity index (χ0v) is 9.49. The predicted octanol–water partition coefficient (Wildman–Crippen LogP) is 0.267. The molecule has 1 heterocycles. The monoisotopic (exact) mass is 242 g/mol. The van der Waals surface area contributed by atoms with Crippen LogP contribution in [-0.4, -0.2) is 51.7 Å². The first-order chi connectivity index (χ1) is 6.79. The van der Waals surface area contributed by atoms with Gasteiger partial charge in [0.2, 0.25) is 10.0 Å². The summed E-state index contributed by atoms with van der Waals surface area (Å²) in [6.45, 7) is 1.43. The number of hydrogen-bond donors (Lipinski definition) is 1. The molecule has 0 aromatic rings. The van der Waals surface area contributed by atoms with Gasteiger partial charge in [0, 0.05) is 39.0 Å². The van der Waals surface area contributed by atoms with E-state index in [0.29, 0.717) is 19.6 Å². The van der Waals surface area contributed by atoms with Gasteiger partial charge in [-0.2, -0.15) is 0 Å². The molecule has 1 rings (SSSR count). The van der Waals surface area contributed by atoms with Crippen molar-refractivity contribution in [3.63, 3.8) is 0 Å². The van der Waals surface area contributed by atoms with E-state index in [1.807, 2.05) is 4.90 Å². The number of nitrogens with one attached hydrogen (secondary N) is 1. The maximum atomic E-state index is 12.8. The van der Waals surface area contributed by atoms with Gasteiger partial charge in [-0.15, -0.1) is 0 Å². The van der Waals surface area contributed by atoms with E-state index in [4.69, 9.17) is 0 Å². The van der Waals surface area contributed by atoms with Crippen LogP contribution < -0.4 is 4.72 Å². The van der Waals surface area contributed by atoms with Crippen LogP contribution in [0.1, 0.15) is 12.8 Å². The molecule has 1 N–H and O–H groups in total. The lowest BCUT2D eigenvalue weighted by Gasteiger charge is -2.31. The van der Waals surface area contributed by atoms with E-state index in [9.17, 15) is 17.2 Å². The third kappa shape index (κ3) is 5.39. The van der Waals surface area contributed by atoms with Gasteiger partial charge >= 0.3 is 0 Å². The van der Waals surface area contributed by atoms with Gasteiger partial charge in [0.25, 0.3) is 5.92 Å². The maximum Gasteiger partial charge on any atom is 0.250 e. The summed E-state index contributed by atoms with van der Waals surface area (Å²) in [4.78, 5) is 1.84. The van der Waals surface area contributed by atoms with Crippen LogP contribution in [0.15, 0.2) is 0 Å². The fraction of sp³-hybridized carbons (Fsp3) is 1.00. The molecular formula is C8H16F2N2O2S. The summed E-state index contributed by atoms with van der Waals surface area (Å²) < 4.78 is 49.3. The van der Waals surface area contributed by atoms with Gasteiger partial charge in [-0.05, 0) is 0 Å². The van der Waals surface area contributed by atoms with Crippen LogP contribution in [0.3, 0.4) is 0 Å². The van der Waals surface area contributed by atoms with Gasteiger partial charge in [-0.25, -0.2) is 21.9 Å². The second kappa shape index (κ2) is 4.71. The Morgan fingerprint density at radius 3 is 2.33 bits per heavy atom. The molecule has 0 spiro atoms. The standard InChI is InChI=1S/C8H16F2N2O2S/c1-15(13,14)11-4-7-12-5-2-8(9,10)3-6-12/h11H,2-7H2,1H3. The van der Waals surface area contributed by atoms with Crippen LogP contribution in [0.5, 0.6) is 0 Å². The molecule has 0 saturated carbocycles. The molecule has 0 radical (unpaired) electrons. The summed E-state index contributed by atoms with van der Waals surface area (Å²) in [6, 6.07) is 0. The van der Waals surface area contributed by atoms with Crippen molar-refractivity contribution in [2.24, 2.45) is 0 Å². The molecule has 15 heavy (non-hydrogen) atoms. The van der Waals surface area contributed by atoms with Crippen molar-refractivity contribution < 1.29 is 17.2 Å². The molecule has 0 aromatic carbocycles. The highest BCUT2D eigenvalue weighted by Crippen LogP contribution is 2.27. The van der Waals surface area contributed by atoms with Gasteiger partial charge in [-0.3, -0.25) is 0 Å². The zero-order chi connectivity index (χ0) is 11.5. The number of alkyl halides is 2. The van der Waals surface area contributed by atoms with Gasteiger partial charge < -0.3 is 4.90 Å². The summed E-state index contributed by atoms with van der Waals surface area (Å²) in [5.74, 6) is -2.54. The second-order valence-electron chi connectivity index (χ2n) is 3.86. The molecule has 0 aliphatic carbocycles. The van der Waals surface area contributed by atoms with E-state index in [1.54, 1.807) is 0 Å². The fourth-order valence-corrected chi connectivity index (χ4v) is 1.96. The lowest BCUT2D eigenvalue weighted by molar-refractivity contribution is -0.0546. The summed E-state index contributed by atoms with van der Waals surface area (Å²) in [5.41, 5.74) is 0. The number of rotatable bonds is 4. The molecule has 1 aliphatic rings. The van der Waals surface area contributed by atoms with Crippen LogP contribution >= 0.6 is 0 Å². The van der Waals surface area contributed by atoms with Crippen molar-refractivity contribution in [2.75, 3.05) is 32.4 Å². The Morgan fingerprint density at radius 1 is 1.33 bits per heavy atom. The van der Waals surface area contributed by atoms with Crippen LogP contribution in [0, 0.1) is 0 Å². The van der Waals surface area contributed by atoms with Crippen molar-refractivity contribution >= 4 is 10.0 Å². The average molecular weight is 242 g/mol. The van der Waals surface area contributed by atoms with Crippen molar-refractivity contribution in [3.8, 4) is 0 Å². The number of likely N-dealkylation sites (tertiary alicyclic amines) is 1. The number of hydrogen-bond acceptors (Lipinski definition) is 3. The summed E-state index contributed by atoms with van der Waals surface area (Å²) in [7, 11) is -3.17. The molecule has 1 aliphatic heterocycles. The number of piperidine rings is 1. The predicted molar refractivity (Wildman–Crippen MR) is 53.5 cm³/mol. The Kier molecular flexibility index (Phi) is 4.02. The minimum Gasteiger partial charge on any atom is -0.302 e. The Labute approximate surface area is 88.7 Å². The third-order valence-corrected chi connectivity index (χ3v) is 3.11. The van der Waals surface area contributed by atoms with E-state index in [0.717, 1.165) is 6.26 Å². The normalized spacial score (nSPS) is 22.9. The van der Waals surface area contributed by atoms with Crippen LogP contribution in [-0.2, 0) is 10.0 Å². The Balaban J connectivity index is 2.20. The first kappa shape index (κ1) is 12.8. The Hall–Kier alpha value is -0.270. The Bertz CT molecular complexity index is 296. The van der Waals surface area contributed by atoms with Gasteiger partial charge in [0.05, 0.1) is 6.26 Å². The van der Waals surface area contributed by atoms with Crippen molar-refractivity contribution in [1.29, 1.82) is 0 Å². The smallest absolute Gasteiger partial charge is 0.250 e. The topological polar surface area (TPSA) is 49.4 Å². The van der Waals surface area contributed by atoms with Crippen molar-refractivity contribution in [1.82, 2.24) is 9.62 Å². The minimum atomic E-state index is -3.17. The van der Waals surface area contributed by atoms with E-state index in [-0.39, 0.29) is 19.4 Å². The van der Waals surface area contributed by atoms with Crippen LogP contribution in [0.2, 0.25) is 0 Å². The molecule has 1 saturated heterocycles. The molecule has 4 nitrogen and oxygen atoms in total.